The van der Waals surface area contributed by atoms with E-state index in [9.17, 15) is 4.79 Å². The highest BCUT2D eigenvalue weighted by Crippen LogP contribution is 2.34. The maximum absolute atomic E-state index is 11.1. The summed E-state index contributed by atoms with van der Waals surface area (Å²) in [4.78, 5) is 13.5. The molecule has 2 aliphatic rings. The maximum Gasteiger partial charge on any atom is 0.303 e. The number of nitrogens with zero attached hydrogens (tertiary/aromatic N) is 3. The summed E-state index contributed by atoms with van der Waals surface area (Å²) in [5, 5.41) is 19.8. The standard InChI is InChI=1S/C15H22N4O2/c20-15(21)6-12-9-19(8-11-4-2-1-3-5-11)10-13(12)14-7-16-18-17-14/h4,7,12-13H,1-3,5-6,8-10H2,(H,20,21)(H,16,17,18)/t12-,13+/m0/s1. The van der Waals surface area contributed by atoms with Crippen LogP contribution in [0.4, 0.5) is 0 Å². The van der Waals surface area contributed by atoms with Crippen LogP contribution in [0.5, 0.6) is 0 Å². The largest absolute Gasteiger partial charge is 0.481 e. The van der Waals surface area contributed by atoms with Crippen molar-refractivity contribution >= 4 is 5.97 Å². The van der Waals surface area contributed by atoms with E-state index in [1.165, 1.54) is 31.3 Å². The van der Waals surface area contributed by atoms with Gasteiger partial charge in [-0.05, 0) is 31.6 Å². The van der Waals surface area contributed by atoms with Gasteiger partial charge in [-0.1, -0.05) is 11.6 Å². The van der Waals surface area contributed by atoms with Gasteiger partial charge < -0.3 is 5.11 Å². The first-order chi connectivity index (χ1) is 10.2. The van der Waals surface area contributed by atoms with E-state index in [4.69, 9.17) is 5.11 Å². The topological polar surface area (TPSA) is 82.1 Å². The fraction of sp³-hybridized carbons (Fsp3) is 0.667. The summed E-state index contributed by atoms with van der Waals surface area (Å²) in [6.07, 6.45) is 9.25. The van der Waals surface area contributed by atoms with Crippen molar-refractivity contribution in [1.82, 2.24) is 20.3 Å². The molecule has 1 saturated heterocycles. The number of aromatic amines is 1. The average Bonchev–Trinajstić information content (AvgIpc) is 3.09. The van der Waals surface area contributed by atoms with Crippen molar-refractivity contribution < 1.29 is 9.90 Å². The molecule has 2 N–H and O–H groups in total. The van der Waals surface area contributed by atoms with Crippen molar-refractivity contribution in [2.45, 2.75) is 38.0 Å². The number of carboxylic acid groups (broad SMARTS) is 1. The molecule has 1 fully saturated rings. The Morgan fingerprint density at radius 3 is 3.00 bits per heavy atom. The smallest absolute Gasteiger partial charge is 0.303 e. The Kier molecular flexibility index (Phi) is 4.34. The van der Waals surface area contributed by atoms with E-state index in [2.05, 4.69) is 26.4 Å². The van der Waals surface area contributed by atoms with Crippen LogP contribution < -0.4 is 0 Å². The van der Waals surface area contributed by atoms with Crippen LogP contribution in [0, 0.1) is 5.92 Å². The van der Waals surface area contributed by atoms with Crippen LogP contribution >= 0.6 is 0 Å². The molecular formula is C15H22N4O2. The normalized spacial score (nSPS) is 26.8. The SMILES string of the molecule is O=C(O)C[C@H]1CN(CC2=CCCCC2)C[C@H]1c1cn[nH]n1. The molecule has 21 heavy (non-hydrogen) atoms. The molecule has 0 amide bonds. The van der Waals surface area contributed by atoms with Gasteiger partial charge in [0.05, 0.1) is 18.3 Å². The molecule has 0 unspecified atom stereocenters. The molecule has 3 rings (SSSR count). The zero-order valence-corrected chi connectivity index (χ0v) is 12.2. The van der Waals surface area contributed by atoms with Gasteiger partial charge in [-0.3, -0.25) is 9.69 Å². The number of likely N-dealkylation sites (tertiary alicyclic amines) is 1. The lowest BCUT2D eigenvalue weighted by molar-refractivity contribution is -0.138. The predicted octanol–water partition coefficient (Wildman–Crippen LogP) is 1.80. The van der Waals surface area contributed by atoms with Crippen molar-refractivity contribution in [3.8, 4) is 0 Å². The van der Waals surface area contributed by atoms with Crippen LogP contribution in [0.1, 0.15) is 43.7 Å². The summed E-state index contributed by atoms with van der Waals surface area (Å²) in [5.74, 6) is -0.437. The lowest BCUT2D eigenvalue weighted by Crippen LogP contribution is -2.24. The molecule has 1 aliphatic heterocycles. The molecule has 0 aromatic carbocycles. The molecule has 0 bridgehead atoms. The molecule has 2 heterocycles. The molecule has 0 spiro atoms. The zero-order valence-electron chi connectivity index (χ0n) is 12.2. The van der Waals surface area contributed by atoms with Crippen molar-refractivity contribution in [3.63, 3.8) is 0 Å². The van der Waals surface area contributed by atoms with E-state index >= 15 is 0 Å². The van der Waals surface area contributed by atoms with Gasteiger partial charge in [-0.2, -0.15) is 15.4 Å². The van der Waals surface area contributed by atoms with E-state index in [1.54, 1.807) is 6.20 Å². The van der Waals surface area contributed by atoms with Crippen LogP contribution in [0.2, 0.25) is 0 Å². The van der Waals surface area contributed by atoms with E-state index in [-0.39, 0.29) is 18.3 Å². The first kappa shape index (κ1) is 14.3. The molecule has 2 atom stereocenters. The van der Waals surface area contributed by atoms with Crippen LogP contribution in [-0.2, 0) is 4.79 Å². The lowest BCUT2D eigenvalue weighted by Gasteiger charge is -2.20. The van der Waals surface area contributed by atoms with E-state index < -0.39 is 5.97 Å². The molecule has 114 valence electrons. The van der Waals surface area contributed by atoms with Gasteiger partial charge in [0.15, 0.2) is 0 Å². The minimum absolute atomic E-state index is 0.122. The van der Waals surface area contributed by atoms with Gasteiger partial charge in [0.2, 0.25) is 0 Å². The molecular weight excluding hydrogens is 268 g/mol. The number of hydrogen-bond acceptors (Lipinski definition) is 4. The third-order valence-electron chi connectivity index (χ3n) is 4.58. The van der Waals surface area contributed by atoms with Crippen molar-refractivity contribution in [1.29, 1.82) is 0 Å². The van der Waals surface area contributed by atoms with Crippen molar-refractivity contribution in [3.05, 3.63) is 23.5 Å². The number of aromatic nitrogens is 3. The molecule has 1 aromatic heterocycles. The Balaban J connectivity index is 1.67. The number of carbonyl (C=O) groups is 1. The number of carboxylic acids is 1. The number of nitrogens with one attached hydrogen (secondary N) is 1. The van der Waals surface area contributed by atoms with Gasteiger partial charge in [0.1, 0.15) is 0 Å². The highest BCUT2D eigenvalue weighted by molar-refractivity contribution is 5.67. The highest BCUT2D eigenvalue weighted by Gasteiger charge is 2.36. The third-order valence-corrected chi connectivity index (χ3v) is 4.58. The van der Waals surface area contributed by atoms with E-state index in [0.29, 0.717) is 0 Å². The summed E-state index contributed by atoms with van der Waals surface area (Å²) >= 11 is 0. The summed E-state index contributed by atoms with van der Waals surface area (Å²) in [6, 6.07) is 0. The molecule has 0 saturated carbocycles. The van der Waals surface area contributed by atoms with Crippen LogP contribution in [0.15, 0.2) is 17.8 Å². The second-order valence-electron chi connectivity index (χ2n) is 6.16. The number of rotatable bonds is 5. The number of hydrogen-bond donors (Lipinski definition) is 2. The molecule has 0 radical (unpaired) electrons. The number of aliphatic carboxylic acids is 1. The average molecular weight is 290 g/mol. The first-order valence-electron chi connectivity index (χ1n) is 7.70. The Morgan fingerprint density at radius 1 is 1.43 bits per heavy atom. The van der Waals surface area contributed by atoms with Gasteiger partial charge in [0, 0.05) is 25.6 Å². The highest BCUT2D eigenvalue weighted by atomic mass is 16.4. The summed E-state index contributed by atoms with van der Waals surface area (Å²) in [7, 11) is 0. The lowest BCUT2D eigenvalue weighted by atomic mass is 9.91. The number of allylic oxidation sites excluding steroid dienone is 1. The summed E-state index contributed by atoms with van der Waals surface area (Å²) in [5.41, 5.74) is 2.40. The zero-order chi connectivity index (χ0) is 14.7. The maximum atomic E-state index is 11.1. The molecule has 6 nitrogen and oxygen atoms in total. The summed E-state index contributed by atoms with van der Waals surface area (Å²) in [6.45, 7) is 2.69. The second kappa shape index (κ2) is 6.39. The quantitative estimate of drug-likeness (QED) is 0.808. The van der Waals surface area contributed by atoms with Crippen LogP contribution in [0.3, 0.4) is 0 Å². The molecule has 1 aliphatic carbocycles. The second-order valence-corrected chi connectivity index (χ2v) is 6.16. The van der Waals surface area contributed by atoms with Crippen LogP contribution in [0.25, 0.3) is 0 Å². The predicted molar refractivity (Wildman–Crippen MR) is 77.9 cm³/mol. The van der Waals surface area contributed by atoms with Gasteiger partial charge >= 0.3 is 5.97 Å². The third kappa shape index (κ3) is 3.50. The van der Waals surface area contributed by atoms with Gasteiger partial charge in [-0.25, -0.2) is 0 Å². The minimum atomic E-state index is -0.729. The first-order valence-corrected chi connectivity index (χ1v) is 7.70. The van der Waals surface area contributed by atoms with E-state index in [1.807, 2.05) is 0 Å². The fourth-order valence-electron chi connectivity index (χ4n) is 3.58. The van der Waals surface area contributed by atoms with Crippen molar-refractivity contribution in [2.75, 3.05) is 19.6 Å². The molecule has 6 heteroatoms. The Morgan fingerprint density at radius 2 is 2.33 bits per heavy atom. The minimum Gasteiger partial charge on any atom is -0.481 e. The summed E-state index contributed by atoms with van der Waals surface area (Å²) < 4.78 is 0. The Labute approximate surface area is 124 Å². The Bertz CT molecular complexity index is 512. The molecule has 1 aromatic rings. The Hall–Kier alpha value is -1.69. The van der Waals surface area contributed by atoms with Gasteiger partial charge in [-0.15, -0.1) is 0 Å². The van der Waals surface area contributed by atoms with Gasteiger partial charge in [0.25, 0.3) is 0 Å². The van der Waals surface area contributed by atoms with Crippen LogP contribution in [-0.4, -0.2) is 51.0 Å². The monoisotopic (exact) mass is 290 g/mol. The fourth-order valence-corrected chi connectivity index (χ4v) is 3.58. The van der Waals surface area contributed by atoms with E-state index in [0.717, 1.165) is 25.3 Å². The number of H-pyrrole nitrogens is 1. The van der Waals surface area contributed by atoms with Crippen molar-refractivity contribution in [2.24, 2.45) is 5.92 Å².